The lowest BCUT2D eigenvalue weighted by molar-refractivity contribution is -0.602. The fraction of sp³-hybridized carbons (Fsp3) is 0.167. The molecule has 106 valence electrons. The monoisotopic (exact) mass is 279 g/mol. The molecule has 3 rings (SSSR count). The molecule has 3 heteroatoms. The van der Waals surface area contributed by atoms with Crippen LogP contribution in [0.5, 0.6) is 6.01 Å². The van der Waals surface area contributed by atoms with E-state index < -0.39 is 0 Å². The molecule has 3 nitrogen and oxygen atoms in total. The van der Waals surface area contributed by atoms with E-state index in [4.69, 9.17) is 4.74 Å². The Morgan fingerprint density at radius 2 is 1.71 bits per heavy atom. The van der Waals surface area contributed by atoms with Crippen LogP contribution in [0, 0.1) is 6.92 Å². The van der Waals surface area contributed by atoms with Crippen LogP contribution in [0.1, 0.15) is 12.5 Å². The van der Waals surface area contributed by atoms with Gasteiger partial charge < -0.3 is 4.74 Å². The summed E-state index contributed by atoms with van der Waals surface area (Å²) in [7, 11) is 0. The SMILES string of the molecule is CCOc1n(-c2ccccc2)cc[n+]1-c1ccc(C)cc1. The van der Waals surface area contributed by atoms with E-state index in [0.717, 1.165) is 17.4 Å². The fourth-order valence-electron chi connectivity index (χ4n) is 2.33. The summed E-state index contributed by atoms with van der Waals surface area (Å²) in [4.78, 5) is 0. The number of aromatic nitrogens is 2. The summed E-state index contributed by atoms with van der Waals surface area (Å²) in [6, 6.07) is 19.5. The Labute approximate surface area is 125 Å². The van der Waals surface area contributed by atoms with Crippen LogP contribution in [0.4, 0.5) is 0 Å². The van der Waals surface area contributed by atoms with Crippen LogP contribution in [-0.2, 0) is 0 Å². The first-order valence-corrected chi connectivity index (χ1v) is 7.18. The third-order valence-corrected chi connectivity index (χ3v) is 3.40. The number of ether oxygens (including phenoxy) is 1. The van der Waals surface area contributed by atoms with Gasteiger partial charge in [0.25, 0.3) is 0 Å². The van der Waals surface area contributed by atoms with Gasteiger partial charge in [-0.15, -0.1) is 0 Å². The molecular weight excluding hydrogens is 260 g/mol. The second-order valence-corrected chi connectivity index (χ2v) is 4.92. The summed E-state index contributed by atoms with van der Waals surface area (Å²) in [5.74, 6) is 0. The van der Waals surface area contributed by atoms with E-state index in [1.165, 1.54) is 5.56 Å². The van der Waals surface area contributed by atoms with Gasteiger partial charge in [-0.3, -0.25) is 0 Å². The molecule has 0 atom stereocenters. The smallest absolute Gasteiger partial charge is 0.431 e. The highest BCUT2D eigenvalue weighted by Crippen LogP contribution is 2.17. The number of para-hydroxylation sites is 1. The number of hydrogen-bond donors (Lipinski definition) is 0. The van der Waals surface area contributed by atoms with Crippen molar-refractivity contribution in [2.75, 3.05) is 6.61 Å². The van der Waals surface area contributed by atoms with Crippen LogP contribution in [-0.4, -0.2) is 11.2 Å². The van der Waals surface area contributed by atoms with E-state index in [2.05, 4.69) is 52.5 Å². The second kappa shape index (κ2) is 5.83. The van der Waals surface area contributed by atoms with Crippen molar-refractivity contribution in [3.05, 3.63) is 72.6 Å². The van der Waals surface area contributed by atoms with E-state index >= 15 is 0 Å². The van der Waals surface area contributed by atoms with Crippen LogP contribution >= 0.6 is 0 Å². The van der Waals surface area contributed by atoms with Gasteiger partial charge in [0.15, 0.2) is 0 Å². The standard InChI is InChI=1S/C18H19N2O/c1-3-21-18-19(16-7-5-4-6-8-16)13-14-20(18)17-11-9-15(2)10-12-17/h4-14H,3H2,1-2H3/q+1. The zero-order chi connectivity index (χ0) is 14.7. The Morgan fingerprint density at radius 3 is 2.38 bits per heavy atom. The van der Waals surface area contributed by atoms with Crippen molar-refractivity contribution in [3.8, 4) is 17.4 Å². The lowest BCUT2D eigenvalue weighted by atomic mass is 10.2. The molecule has 0 fully saturated rings. The number of imidazole rings is 1. The van der Waals surface area contributed by atoms with E-state index in [1.807, 2.05) is 37.5 Å². The van der Waals surface area contributed by atoms with Crippen molar-refractivity contribution in [3.63, 3.8) is 0 Å². The van der Waals surface area contributed by atoms with Gasteiger partial charge in [0.2, 0.25) is 0 Å². The molecule has 0 spiro atoms. The minimum atomic E-state index is 0.628. The molecule has 0 bridgehead atoms. The molecule has 0 saturated carbocycles. The maximum Gasteiger partial charge on any atom is 0.466 e. The highest BCUT2D eigenvalue weighted by molar-refractivity contribution is 5.34. The zero-order valence-electron chi connectivity index (χ0n) is 12.4. The Hall–Kier alpha value is -2.55. The molecule has 2 aromatic carbocycles. The van der Waals surface area contributed by atoms with Gasteiger partial charge in [0, 0.05) is 0 Å². The van der Waals surface area contributed by atoms with Crippen molar-refractivity contribution >= 4 is 0 Å². The number of rotatable bonds is 4. The van der Waals surface area contributed by atoms with Gasteiger partial charge in [-0.1, -0.05) is 35.9 Å². The van der Waals surface area contributed by atoms with Gasteiger partial charge in [-0.05, 0) is 38.1 Å². The average molecular weight is 279 g/mol. The predicted molar refractivity (Wildman–Crippen MR) is 83.2 cm³/mol. The number of hydrogen-bond acceptors (Lipinski definition) is 1. The lowest BCUT2D eigenvalue weighted by Gasteiger charge is -2.04. The summed E-state index contributed by atoms with van der Waals surface area (Å²) in [6.07, 6.45) is 4.06. The van der Waals surface area contributed by atoms with Gasteiger partial charge >= 0.3 is 6.01 Å². The molecule has 0 radical (unpaired) electrons. The van der Waals surface area contributed by atoms with Gasteiger partial charge in [0.05, 0.1) is 6.61 Å². The highest BCUT2D eigenvalue weighted by atomic mass is 16.5. The van der Waals surface area contributed by atoms with E-state index in [1.54, 1.807) is 0 Å². The zero-order valence-corrected chi connectivity index (χ0v) is 12.4. The molecule has 0 N–H and O–H groups in total. The first-order chi connectivity index (χ1) is 10.3. The summed E-state index contributed by atoms with van der Waals surface area (Å²) >= 11 is 0. The normalized spacial score (nSPS) is 10.6. The largest absolute Gasteiger partial charge is 0.466 e. The number of benzene rings is 2. The third kappa shape index (κ3) is 2.68. The third-order valence-electron chi connectivity index (χ3n) is 3.40. The number of aryl methyl sites for hydroxylation is 1. The molecular formula is C18H19N2O+. The molecule has 0 amide bonds. The lowest BCUT2D eigenvalue weighted by Crippen LogP contribution is -2.31. The first-order valence-electron chi connectivity index (χ1n) is 7.18. The van der Waals surface area contributed by atoms with Gasteiger partial charge in [-0.25, -0.2) is 0 Å². The van der Waals surface area contributed by atoms with Gasteiger partial charge in [0.1, 0.15) is 23.8 Å². The molecule has 0 aliphatic heterocycles. The summed E-state index contributed by atoms with van der Waals surface area (Å²) < 4.78 is 10.00. The molecule has 1 heterocycles. The Balaban J connectivity index is 2.10. The topological polar surface area (TPSA) is 18.0 Å². The van der Waals surface area contributed by atoms with Crippen molar-refractivity contribution < 1.29 is 9.30 Å². The maximum atomic E-state index is 5.87. The van der Waals surface area contributed by atoms with Crippen LogP contribution < -0.4 is 9.30 Å². The quantitative estimate of drug-likeness (QED) is 0.669. The Kier molecular flexibility index (Phi) is 3.73. The number of nitrogens with zero attached hydrogens (tertiary/aromatic N) is 2. The maximum absolute atomic E-state index is 5.87. The molecule has 0 unspecified atom stereocenters. The van der Waals surface area contributed by atoms with Gasteiger partial charge in [-0.2, -0.15) is 9.13 Å². The molecule has 21 heavy (non-hydrogen) atoms. The highest BCUT2D eigenvalue weighted by Gasteiger charge is 2.21. The van der Waals surface area contributed by atoms with Crippen LogP contribution in [0.2, 0.25) is 0 Å². The van der Waals surface area contributed by atoms with E-state index in [-0.39, 0.29) is 0 Å². The van der Waals surface area contributed by atoms with Crippen molar-refractivity contribution in [1.29, 1.82) is 0 Å². The fourth-order valence-corrected chi connectivity index (χ4v) is 2.33. The molecule has 3 aromatic rings. The minimum Gasteiger partial charge on any atom is -0.431 e. The van der Waals surface area contributed by atoms with E-state index in [9.17, 15) is 0 Å². The molecule has 0 aliphatic rings. The Morgan fingerprint density at radius 1 is 1.00 bits per heavy atom. The van der Waals surface area contributed by atoms with Crippen molar-refractivity contribution in [1.82, 2.24) is 4.57 Å². The van der Waals surface area contributed by atoms with Crippen molar-refractivity contribution in [2.45, 2.75) is 13.8 Å². The minimum absolute atomic E-state index is 0.628. The van der Waals surface area contributed by atoms with E-state index in [0.29, 0.717) is 6.61 Å². The summed E-state index contributed by atoms with van der Waals surface area (Å²) in [5, 5.41) is 0. The Bertz CT molecular complexity index is 715. The van der Waals surface area contributed by atoms with Crippen molar-refractivity contribution in [2.24, 2.45) is 0 Å². The van der Waals surface area contributed by atoms with Crippen LogP contribution in [0.3, 0.4) is 0 Å². The molecule has 0 saturated heterocycles. The van der Waals surface area contributed by atoms with Crippen LogP contribution in [0.25, 0.3) is 11.4 Å². The predicted octanol–water partition coefficient (Wildman–Crippen LogP) is 3.46. The molecule has 1 aromatic heterocycles. The summed E-state index contributed by atoms with van der Waals surface area (Å²) in [6.45, 7) is 4.72. The van der Waals surface area contributed by atoms with Crippen LogP contribution in [0.15, 0.2) is 67.0 Å². The molecule has 0 aliphatic carbocycles. The second-order valence-electron chi connectivity index (χ2n) is 4.92. The summed E-state index contributed by atoms with van der Waals surface area (Å²) in [5.41, 5.74) is 3.44. The first kappa shape index (κ1) is 13.4. The average Bonchev–Trinajstić information content (AvgIpc) is 2.93.